The number of carbonyl (C=O) groups is 1. The first kappa shape index (κ1) is 14.1. The molecule has 0 fully saturated rings. The van der Waals surface area contributed by atoms with E-state index >= 15 is 0 Å². The predicted molar refractivity (Wildman–Crippen MR) is 90.0 cm³/mol. The van der Waals surface area contributed by atoms with Crippen LogP contribution in [0.1, 0.15) is 12.5 Å². The van der Waals surface area contributed by atoms with E-state index in [1.54, 1.807) is 12.1 Å². The molecule has 2 nitrogen and oxygen atoms in total. The molecule has 0 aliphatic carbocycles. The molecule has 0 saturated heterocycles. The van der Waals surface area contributed by atoms with E-state index < -0.39 is 0 Å². The van der Waals surface area contributed by atoms with Crippen LogP contribution in [0.15, 0.2) is 60.7 Å². The molecule has 0 saturated carbocycles. The summed E-state index contributed by atoms with van der Waals surface area (Å²) in [7, 11) is 0. The van der Waals surface area contributed by atoms with Crippen LogP contribution in [0.25, 0.3) is 22.4 Å². The Balaban J connectivity index is 2.47. The van der Waals surface area contributed by atoms with Crippen LogP contribution in [-0.2, 0) is 4.79 Å². The number of aromatic hydroxyl groups is 1. The van der Waals surface area contributed by atoms with E-state index in [9.17, 15) is 9.90 Å². The van der Waals surface area contributed by atoms with Crippen molar-refractivity contribution in [3.05, 3.63) is 76.7 Å². The minimum absolute atomic E-state index is 0.247. The van der Waals surface area contributed by atoms with E-state index in [1.165, 1.54) is 0 Å². The summed E-state index contributed by atoms with van der Waals surface area (Å²) < 4.78 is 0. The molecular weight excluding hydrogens is 272 g/mol. The van der Waals surface area contributed by atoms with Crippen LogP contribution < -0.4 is 10.4 Å². The van der Waals surface area contributed by atoms with Gasteiger partial charge in [-0.2, -0.15) is 0 Å². The lowest BCUT2D eigenvalue weighted by Crippen LogP contribution is -2.26. The Morgan fingerprint density at radius 2 is 1.68 bits per heavy atom. The van der Waals surface area contributed by atoms with Gasteiger partial charge in [-0.15, -0.1) is 0 Å². The smallest absolute Gasteiger partial charge is 0.143 e. The molecule has 0 aliphatic heterocycles. The van der Waals surface area contributed by atoms with Gasteiger partial charge in [-0.25, -0.2) is 0 Å². The number of carbonyl (C=O) groups excluding carboxylic acids is 1. The Morgan fingerprint density at radius 1 is 0.955 bits per heavy atom. The van der Waals surface area contributed by atoms with Crippen molar-refractivity contribution >= 4 is 28.7 Å². The highest BCUT2D eigenvalue weighted by Crippen LogP contribution is 2.31. The van der Waals surface area contributed by atoms with Crippen molar-refractivity contribution in [3.8, 4) is 5.75 Å². The second kappa shape index (κ2) is 5.86. The van der Waals surface area contributed by atoms with Crippen LogP contribution >= 0.6 is 0 Å². The molecule has 0 spiro atoms. The van der Waals surface area contributed by atoms with Gasteiger partial charge in [-0.05, 0) is 45.8 Å². The van der Waals surface area contributed by atoms with Crippen LogP contribution in [0.4, 0.5) is 0 Å². The Morgan fingerprint density at radius 3 is 2.50 bits per heavy atom. The minimum atomic E-state index is 0.247. The van der Waals surface area contributed by atoms with Crippen LogP contribution in [-0.4, -0.2) is 11.4 Å². The normalized spacial score (nSPS) is 13.2. The monoisotopic (exact) mass is 288 g/mol. The van der Waals surface area contributed by atoms with E-state index in [-0.39, 0.29) is 5.75 Å². The second-order valence-electron chi connectivity index (χ2n) is 5.20. The topological polar surface area (TPSA) is 37.3 Å². The van der Waals surface area contributed by atoms with Gasteiger partial charge >= 0.3 is 0 Å². The van der Waals surface area contributed by atoms with Gasteiger partial charge < -0.3 is 5.11 Å². The van der Waals surface area contributed by atoms with Crippen LogP contribution in [0.3, 0.4) is 0 Å². The van der Waals surface area contributed by atoms with Crippen molar-refractivity contribution in [2.45, 2.75) is 6.92 Å². The maximum atomic E-state index is 10.9. The molecule has 0 aliphatic rings. The fourth-order valence-electron chi connectivity index (χ4n) is 2.85. The quantitative estimate of drug-likeness (QED) is 0.736. The highest BCUT2D eigenvalue weighted by molar-refractivity contribution is 5.96. The molecule has 0 bridgehead atoms. The van der Waals surface area contributed by atoms with Crippen molar-refractivity contribution in [1.82, 2.24) is 0 Å². The van der Waals surface area contributed by atoms with Crippen molar-refractivity contribution in [1.29, 1.82) is 0 Å². The van der Waals surface area contributed by atoms with Gasteiger partial charge in [-0.1, -0.05) is 54.6 Å². The lowest BCUT2D eigenvalue weighted by atomic mass is 9.96. The standard InChI is InChI=1S/C20H16O2/c1-14(17-8-4-2-7-16(17)12-13-21)20-18-9-5-3-6-15(18)10-11-19(20)22/h2-13,22H,1H3/b16-12-,17-14+. The molecule has 0 radical (unpaired) electrons. The first-order chi connectivity index (χ1) is 10.7. The summed E-state index contributed by atoms with van der Waals surface area (Å²) in [5, 5.41) is 14.2. The molecular formula is C20H16O2. The molecule has 3 aromatic carbocycles. The highest BCUT2D eigenvalue weighted by Gasteiger charge is 2.09. The molecule has 0 heterocycles. The molecule has 2 heteroatoms. The maximum Gasteiger partial charge on any atom is 0.143 e. The summed E-state index contributed by atoms with van der Waals surface area (Å²) in [5.74, 6) is 0.247. The number of hydrogen-bond acceptors (Lipinski definition) is 2. The molecule has 3 aromatic rings. The summed E-state index contributed by atoms with van der Waals surface area (Å²) >= 11 is 0. The fraction of sp³-hybridized carbons (Fsp3) is 0.0500. The van der Waals surface area contributed by atoms with Crippen LogP contribution in [0.2, 0.25) is 0 Å². The number of fused-ring (bicyclic) bond motifs is 1. The fourth-order valence-corrected chi connectivity index (χ4v) is 2.85. The largest absolute Gasteiger partial charge is 0.507 e. The Labute approximate surface area is 128 Å². The number of rotatable bonds is 2. The number of phenolic OH excluding ortho intramolecular Hbond substituents is 1. The molecule has 1 N–H and O–H groups in total. The third-order valence-corrected chi connectivity index (χ3v) is 3.89. The van der Waals surface area contributed by atoms with E-state index in [4.69, 9.17) is 0 Å². The molecule has 0 unspecified atom stereocenters. The van der Waals surface area contributed by atoms with Gasteiger partial charge in [0, 0.05) is 5.56 Å². The van der Waals surface area contributed by atoms with Gasteiger partial charge in [0.1, 0.15) is 12.0 Å². The van der Waals surface area contributed by atoms with Gasteiger partial charge in [0.2, 0.25) is 0 Å². The Kier molecular flexibility index (Phi) is 3.75. The summed E-state index contributed by atoms with van der Waals surface area (Å²) in [4.78, 5) is 10.9. The summed E-state index contributed by atoms with van der Waals surface area (Å²) in [5.41, 5.74) is 1.76. The van der Waals surface area contributed by atoms with Crippen LogP contribution in [0.5, 0.6) is 5.75 Å². The molecule has 0 aromatic heterocycles. The summed E-state index contributed by atoms with van der Waals surface area (Å²) in [6.45, 7) is 1.97. The Bertz CT molecular complexity index is 968. The summed E-state index contributed by atoms with van der Waals surface area (Å²) in [6.07, 6.45) is 2.33. The molecule has 108 valence electrons. The zero-order valence-electron chi connectivity index (χ0n) is 12.3. The lowest BCUT2D eigenvalue weighted by molar-refractivity contribution is -0.103. The van der Waals surface area contributed by atoms with E-state index in [2.05, 4.69) is 0 Å². The highest BCUT2D eigenvalue weighted by atomic mass is 16.3. The van der Waals surface area contributed by atoms with Gasteiger partial charge in [0.05, 0.1) is 0 Å². The van der Waals surface area contributed by atoms with Gasteiger partial charge in [0.15, 0.2) is 0 Å². The van der Waals surface area contributed by atoms with Crippen molar-refractivity contribution in [3.63, 3.8) is 0 Å². The van der Waals surface area contributed by atoms with E-state index in [0.29, 0.717) is 0 Å². The van der Waals surface area contributed by atoms with Crippen molar-refractivity contribution in [2.75, 3.05) is 0 Å². The van der Waals surface area contributed by atoms with Crippen molar-refractivity contribution < 1.29 is 9.90 Å². The third-order valence-electron chi connectivity index (χ3n) is 3.89. The van der Waals surface area contributed by atoms with E-state index in [1.807, 2.05) is 61.5 Å². The first-order valence-electron chi connectivity index (χ1n) is 7.15. The average Bonchev–Trinajstić information content (AvgIpc) is 2.55. The molecule has 3 rings (SSSR count). The second-order valence-corrected chi connectivity index (χ2v) is 5.20. The SMILES string of the molecule is C/C(c1c(O)ccc2ccccc12)=c1/cccc/c1=C/C=O. The first-order valence-corrected chi connectivity index (χ1v) is 7.15. The minimum Gasteiger partial charge on any atom is -0.507 e. The summed E-state index contributed by atoms with van der Waals surface area (Å²) in [6, 6.07) is 19.3. The van der Waals surface area contributed by atoms with Crippen molar-refractivity contribution in [2.24, 2.45) is 0 Å². The lowest BCUT2D eigenvalue weighted by Gasteiger charge is -2.10. The van der Waals surface area contributed by atoms with Crippen LogP contribution in [0, 0.1) is 0 Å². The number of benzene rings is 3. The molecule has 0 atom stereocenters. The zero-order valence-corrected chi connectivity index (χ0v) is 12.3. The number of hydrogen-bond donors (Lipinski definition) is 1. The molecule has 0 amide bonds. The predicted octanol–water partition coefficient (Wildman–Crippen LogP) is 2.74. The average molecular weight is 288 g/mol. The number of aldehydes is 1. The third kappa shape index (κ3) is 2.40. The zero-order chi connectivity index (χ0) is 15.5. The maximum absolute atomic E-state index is 10.9. The van der Waals surface area contributed by atoms with Gasteiger partial charge in [0.25, 0.3) is 0 Å². The van der Waals surface area contributed by atoms with Gasteiger partial charge in [-0.3, -0.25) is 4.79 Å². The number of phenols is 1. The Hall–Kier alpha value is -2.87. The van der Waals surface area contributed by atoms with E-state index in [0.717, 1.165) is 38.6 Å². The molecule has 22 heavy (non-hydrogen) atoms.